The highest BCUT2D eigenvalue weighted by molar-refractivity contribution is 5.81. The van der Waals surface area contributed by atoms with Crippen LogP contribution in [0.1, 0.15) is 37.7 Å². The molecule has 3 rings (SSSR count). The molecule has 1 N–H and O–H groups in total. The summed E-state index contributed by atoms with van der Waals surface area (Å²) in [6, 6.07) is 7.00. The van der Waals surface area contributed by atoms with Gasteiger partial charge < -0.3 is 14.5 Å². The van der Waals surface area contributed by atoms with Crippen LogP contribution in [-0.2, 0) is 4.79 Å². The quantitative estimate of drug-likeness (QED) is 0.881. The number of nitrogens with one attached hydrogen (secondary N) is 1. The van der Waals surface area contributed by atoms with Gasteiger partial charge >= 0.3 is 5.63 Å². The minimum absolute atomic E-state index is 0.0297. The maximum Gasteiger partial charge on any atom is 0.336 e. The molecule has 0 atom stereocenters. The molecule has 0 unspecified atom stereocenters. The van der Waals surface area contributed by atoms with E-state index in [0.29, 0.717) is 11.3 Å². The van der Waals surface area contributed by atoms with E-state index in [4.69, 9.17) is 9.15 Å². The summed E-state index contributed by atoms with van der Waals surface area (Å²) in [4.78, 5) is 23.4. The lowest BCUT2D eigenvalue weighted by Gasteiger charge is -2.22. The van der Waals surface area contributed by atoms with Crippen LogP contribution in [0.2, 0.25) is 0 Å². The zero-order valence-corrected chi connectivity index (χ0v) is 13.3. The number of carbonyl (C=O) groups is 1. The van der Waals surface area contributed by atoms with Gasteiger partial charge in [-0.25, -0.2) is 4.79 Å². The Morgan fingerprint density at radius 1 is 1.26 bits per heavy atom. The summed E-state index contributed by atoms with van der Waals surface area (Å²) in [5.41, 5.74) is 0.945. The van der Waals surface area contributed by atoms with Crippen LogP contribution in [0.3, 0.4) is 0 Å². The van der Waals surface area contributed by atoms with Crippen molar-refractivity contribution in [2.75, 3.05) is 6.61 Å². The number of benzene rings is 1. The third-order valence-corrected chi connectivity index (χ3v) is 4.26. The largest absolute Gasteiger partial charge is 0.484 e. The van der Waals surface area contributed by atoms with Crippen LogP contribution < -0.4 is 15.7 Å². The lowest BCUT2D eigenvalue weighted by Crippen LogP contribution is -2.38. The minimum Gasteiger partial charge on any atom is -0.484 e. The van der Waals surface area contributed by atoms with Gasteiger partial charge in [0.15, 0.2) is 6.61 Å². The van der Waals surface area contributed by atoms with Gasteiger partial charge in [-0.05, 0) is 37.5 Å². The summed E-state index contributed by atoms with van der Waals surface area (Å²) in [6.07, 6.45) is 5.70. The van der Waals surface area contributed by atoms with Crippen molar-refractivity contribution in [1.82, 2.24) is 5.32 Å². The van der Waals surface area contributed by atoms with E-state index >= 15 is 0 Å². The van der Waals surface area contributed by atoms with Gasteiger partial charge in [0.1, 0.15) is 11.3 Å². The molecule has 1 aliphatic carbocycles. The molecule has 23 heavy (non-hydrogen) atoms. The van der Waals surface area contributed by atoms with E-state index in [2.05, 4.69) is 5.32 Å². The molecular weight excluding hydrogens is 294 g/mol. The van der Waals surface area contributed by atoms with Gasteiger partial charge in [-0.1, -0.05) is 19.3 Å². The third-order valence-electron chi connectivity index (χ3n) is 4.26. The smallest absolute Gasteiger partial charge is 0.336 e. The zero-order valence-electron chi connectivity index (χ0n) is 13.3. The molecule has 1 heterocycles. The van der Waals surface area contributed by atoms with E-state index in [-0.39, 0.29) is 24.2 Å². The van der Waals surface area contributed by atoms with Crippen LogP contribution in [0, 0.1) is 6.92 Å². The predicted molar refractivity (Wildman–Crippen MR) is 87.7 cm³/mol. The van der Waals surface area contributed by atoms with Gasteiger partial charge in [-0.2, -0.15) is 0 Å². The Hall–Kier alpha value is -2.30. The maximum atomic E-state index is 11.9. The first-order valence-electron chi connectivity index (χ1n) is 8.08. The fourth-order valence-corrected chi connectivity index (χ4v) is 3.06. The predicted octanol–water partition coefficient (Wildman–Crippen LogP) is 2.93. The molecule has 0 aliphatic heterocycles. The molecular formula is C18H21NO4. The highest BCUT2D eigenvalue weighted by atomic mass is 16.5. The highest BCUT2D eigenvalue weighted by Crippen LogP contribution is 2.22. The molecule has 1 fully saturated rings. The molecule has 1 aromatic heterocycles. The Morgan fingerprint density at radius 2 is 2.04 bits per heavy atom. The normalized spacial score (nSPS) is 15.5. The van der Waals surface area contributed by atoms with E-state index in [1.165, 1.54) is 25.3 Å². The van der Waals surface area contributed by atoms with Crippen molar-refractivity contribution in [3.63, 3.8) is 0 Å². The van der Waals surface area contributed by atoms with Gasteiger partial charge in [0, 0.05) is 23.6 Å². The van der Waals surface area contributed by atoms with Crippen LogP contribution in [-0.4, -0.2) is 18.6 Å². The molecule has 122 valence electrons. The molecule has 5 nitrogen and oxygen atoms in total. The van der Waals surface area contributed by atoms with Crippen LogP contribution >= 0.6 is 0 Å². The number of hydrogen-bond donors (Lipinski definition) is 1. The summed E-state index contributed by atoms with van der Waals surface area (Å²) < 4.78 is 10.7. The van der Waals surface area contributed by atoms with Crippen molar-refractivity contribution >= 4 is 16.9 Å². The molecule has 1 aliphatic rings. The number of rotatable bonds is 4. The molecule has 0 radical (unpaired) electrons. The molecule has 0 spiro atoms. The lowest BCUT2D eigenvalue weighted by atomic mass is 9.95. The van der Waals surface area contributed by atoms with Crippen LogP contribution in [0.25, 0.3) is 11.0 Å². The molecule has 0 saturated heterocycles. The fraction of sp³-hybridized carbons (Fsp3) is 0.444. The average Bonchev–Trinajstić information content (AvgIpc) is 2.53. The molecule has 1 saturated carbocycles. The summed E-state index contributed by atoms with van der Waals surface area (Å²) in [5, 5.41) is 3.87. The number of carbonyl (C=O) groups excluding carboxylic acids is 1. The van der Waals surface area contributed by atoms with Crippen molar-refractivity contribution in [1.29, 1.82) is 0 Å². The number of aryl methyl sites for hydroxylation is 1. The second kappa shape index (κ2) is 6.86. The number of hydrogen-bond acceptors (Lipinski definition) is 4. The first kappa shape index (κ1) is 15.6. The third kappa shape index (κ3) is 3.92. The van der Waals surface area contributed by atoms with Crippen LogP contribution in [0.5, 0.6) is 5.75 Å². The highest BCUT2D eigenvalue weighted by Gasteiger charge is 2.16. The Bertz CT molecular complexity index is 759. The molecule has 1 amide bonds. The van der Waals surface area contributed by atoms with Crippen LogP contribution in [0.15, 0.2) is 33.5 Å². The second-order valence-electron chi connectivity index (χ2n) is 6.10. The van der Waals surface area contributed by atoms with Gasteiger partial charge in [0.2, 0.25) is 0 Å². The van der Waals surface area contributed by atoms with Crippen LogP contribution in [0.4, 0.5) is 0 Å². The monoisotopic (exact) mass is 315 g/mol. The number of amides is 1. The number of ether oxygens (including phenoxy) is 1. The fourth-order valence-electron chi connectivity index (χ4n) is 3.06. The van der Waals surface area contributed by atoms with E-state index in [0.717, 1.165) is 23.8 Å². The standard InChI is InChI=1S/C18H21NO4/c1-12-9-18(21)23-16-10-14(7-8-15(12)16)22-11-17(20)19-13-5-3-2-4-6-13/h7-10,13H,2-6,11H2,1H3,(H,19,20). The lowest BCUT2D eigenvalue weighted by molar-refractivity contribution is -0.124. The Morgan fingerprint density at radius 3 is 2.83 bits per heavy atom. The number of fused-ring (bicyclic) bond motifs is 1. The average molecular weight is 315 g/mol. The zero-order chi connectivity index (χ0) is 16.2. The summed E-state index contributed by atoms with van der Waals surface area (Å²) in [6.45, 7) is 1.83. The molecule has 5 heteroatoms. The van der Waals surface area contributed by atoms with E-state index in [1.807, 2.05) is 13.0 Å². The summed E-state index contributed by atoms with van der Waals surface area (Å²) in [5.74, 6) is 0.410. The Balaban J connectivity index is 1.62. The molecule has 2 aromatic rings. The van der Waals surface area contributed by atoms with Crippen molar-refractivity contribution < 1.29 is 13.9 Å². The summed E-state index contributed by atoms with van der Waals surface area (Å²) >= 11 is 0. The maximum absolute atomic E-state index is 11.9. The summed E-state index contributed by atoms with van der Waals surface area (Å²) in [7, 11) is 0. The second-order valence-corrected chi connectivity index (χ2v) is 6.10. The van der Waals surface area contributed by atoms with Gasteiger partial charge in [0.05, 0.1) is 0 Å². The van der Waals surface area contributed by atoms with E-state index < -0.39 is 0 Å². The first-order valence-corrected chi connectivity index (χ1v) is 8.08. The van der Waals surface area contributed by atoms with Crippen molar-refractivity contribution in [2.45, 2.75) is 45.1 Å². The SMILES string of the molecule is Cc1cc(=O)oc2cc(OCC(=O)NC3CCCCC3)ccc12. The minimum atomic E-state index is -0.387. The topological polar surface area (TPSA) is 68.5 Å². The van der Waals surface area contributed by atoms with Crippen molar-refractivity contribution in [3.8, 4) is 5.75 Å². The molecule has 1 aromatic carbocycles. The van der Waals surface area contributed by atoms with Gasteiger partial charge in [-0.3, -0.25) is 4.79 Å². The Kier molecular flexibility index (Phi) is 4.65. The Labute approximate surface area is 134 Å². The molecule has 0 bridgehead atoms. The van der Waals surface area contributed by atoms with Crippen molar-refractivity contribution in [3.05, 3.63) is 40.2 Å². The first-order chi connectivity index (χ1) is 11.1. The van der Waals surface area contributed by atoms with E-state index in [9.17, 15) is 9.59 Å². The van der Waals surface area contributed by atoms with E-state index in [1.54, 1.807) is 12.1 Å². The van der Waals surface area contributed by atoms with Crippen molar-refractivity contribution in [2.24, 2.45) is 0 Å². The van der Waals surface area contributed by atoms with Gasteiger partial charge in [-0.15, -0.1) is 0 Å². The van der Waals surface area contributed by atoms with Gasteiger partial charge in [0.25, 0.3) is 5.91 Å².